The van der Waals surface area contributed by atoms with Gasteiger partial charge in [-0.15, -0.1) is 0 Å². The van der Waals surface area contributed by atoms with Gasteiger partial charge in [0, 0.05) is 24.3 Å². The Kier molecular flexibility index (Phi) is 6.29. The number of carbonyl (C=O) groups is 1. The number of hydrogen-bond donors (Lipinski definition) is 2. The zero-order chi connectivity index (χ0) is 19.2. The summed E-state index contributed by atoms with van der Waals surface area (Å²) in [7, 11) is 0. The van der Waals surface area contributed by atoms with E-state index in [0.717, 1.165) is 30.1 Å². The molecule has 3 rings (SSSR count). The third-order valence-electron chi connectivity index (χ3n) is 4.39. The van der Waals surface area contributed by atoms with E-state index in [1.165, 1.54) is 5.56 Å². The van der Waals surface area contributed by atoms with Crippen molar-refractivity contribution < 1.29 is 9.53 Å². The summed E-state index contributed by atoms with van der Waals surface area (Å²) in [5.41, 5.74) is 2.97. The summed E-state index contributed by atoms with van der Waals surface area (Å²) in [6.45, 7) is 5.35. The van der Waals surface area contributed by atoms with E-state index < -0.39 is 0 Å². The van der Waals surface area contributed by atoms with Crippen molar-refractivity contribution in [1.82, 2.24) is 5.32 Å². The van der Waals surface area contributed by atoms with Crippen molar-refractivity contribution in [2.24, 2.45) is 0 Å². The van der Waals surface area contributed by atoms with E-state index >= 15 is 0 Å². The second-order valence-electron chi connectivity index (χ2n) is 6.82. The molecule has 0 aliphatic carbocycles. The van der Waals surface area contributed by atoms with Gasteiger partial charge >= 0.3 is 0 Å². The van der Waals surface area contributed by atoms with Crippen molar-refractivity contribution in [2.75, 3.05) is 23.4 Å². The Balaban J connectivity index is 1.49. The van der Waals surface area contributed by atoms with Crippen molar-refractivity contribution in [3.63, 3.8) is 0 Å². The molecule has 0 saturated carbocycles. The quantitative estimate of drug-likeness (QED) is 0.742. The summed E-state index contributed by atoms with van der Waals surface area (Å²) in [6.07, 6.45) is 1.53. The second-order valence-corrected chi connectivity index (χ2v) is 7.23. The van der Waals surface area contributed by atoms with Crippen LogP contribution in [0.15, 0.2) is 48.5 Å². The van der Waals surface area contributed by atoms with Gasteiger partial charge < -0.3 is 20.3 Å². The molecular weight excluding hydrogens is 358 g/mol. The predicted molar refractivity (Wildman–Crippen MR) is 114 cm³/mol. The molecule has 5 nitrogen and oxygen atoms in total. The van der Waals surface area contributed by atoms with Gasteiger partial charge in [-0.1, -0.05) is 23.8 Å². The molecule has 142 valence electrons. The Hall–Kier alpha value is -2.60. The van der Waals surface area contributed by atoms with E-state index in [4.69, 9.17) is 17.0 Å². The first-order valence-corrected chi connectivity index (χ1v) is 9.59. The topological polar surface area (TPSA) is 53.6 Å². The standard InChI is InChI=1S/C21H25N3O2S/c1-15-8-10-19(11-9-15)26-14-16(2)22-21(27)23-17-5-3-6-18(13-17)24-12-4-7-20(24)25/h3,5-6,8-11,13,16H,4,7,12,14H2,1-2H3,(H2,22,23,27)/t16-/m0/s1. The minimum absolute atomic E-state index is 0.0506. The lowest BCUT2D eigenvalue weighted by atomic mass is 10.2. The van der Waals surface area contributed by atoms with Crippen LogP contribution in [0, 0.1) is 6.92 Å². The Morgan fingerprint density at radius 1 is 1.26 bits per heavy atom. The van der Waals surface area contributed by atoms with Gasteiger partial charge in [0.2, 0.25) is 5.91 Å². The van der Waals surface area contributed by atoms with Crippen LogP contribution in [0.5, 0.6) is 5.75 Å². The summed E-state index contributed by atoms with van der Waals surface area (Å²) in [5.74, 6) is 1.02. The number of rotatable bonds is 6. The van der Waals surface area contributed by atoms with Gasteiger partial charge in [0.15, 0.2) is 5.11 Å². The van der Waals surface area contributed by atoms with Gasteiger partial charge in [-0.25, -0.2) is 0 Å². The first kappa shape index (κ1) is 19.2. The number of hydrogen-bond acceptors (Lipinski definition) is 3. The molecule has 1 aliphatic heterocycles. The van der Waals surface area contributed by atoms with Gasteiger partial charge in [0.1, 0.15) is 12.4 Å². The van der Waals surface area contributed by atoms with Crippen molar-refractivity contribution in [2.45, 2.75) is 32.7 Å². The monoisotopic (exact) mass is 383 g/mol. The lowest BCUT2D eigenvalue weighted by molar-refractivity contribution is -0.117. The number of nitrogens with zero attached hydrogens (tertiary/aromatic N) is 1. The summed E-state index contributed by atoms with van der Waals surface area (Å²) in [5, 5.41) is 6.93. The van der Waals surface area contributed by atoms with Gasteiger partial charge in [0.05, 0.1) is 6.04 Å². The zero-order valence-electron chi connectivity index (χ0n) is 15.7. The highest BCUT2D eigenvalue weighted by atomic mass is 32.1. The zero-order valence-corrected chi connectivity index (χ0v) is 16.5. The number of carbonyl (C=O) groups excluding carboxylic acids is 1. The second kappa shape index (κ2) is 8.86. The van der Waals surface area contributed by atoms with Crippen molar-refractivity contribution >= 4 is 34.6 Å². The highest BCUT2D eigenvalue weighted by molar-refractivity contribution is 7.80. The number of ether oxygens (including phenoxy) is 1. The lowest BCUT2D eigenvalue weighted by Gasteiger charge is -2.19. The van der Waals surface area contributed by atoms with Crippen LogP contribution in [0.25, 0.3) is 0 Å². The fourth-order valence-electron chi connectivity index (χ4n) is 2.96. The largest absolute Gasteiger partial charge is 0.491 e. The number of aryl methyl sites for hydroxylation is 1. The van der Waals surface area contributed by atoms with E-state index in [0.29, 0.717) is 18.1 Å². The van der Waals surface area contributed by atoms with Crippen LogP contribution in [0.3, 0.4) is 0 Å². The number of anilines is 2. The number of benzene rings is 2. The van der Waals surface area contributed by atoms with E-state index in [-0.39, 0.29) is 11.9 Å². The van der Waals surface area contributed by atoms with Gasteiger partial charge in [-0.05, 0) is 62.8 Å². The normalized spacial score (nSPS) is 14.7. The fraction of sp³-hybridized carbons (Fsp3) is 0.333. The van der Waals surface area contributed by atoms with Crippen LogP contribution in [0.2, 0.25) is 0 Å². The average molecular weight is 384 g/mol. The molecule has 1 saturated heterocycles. The predicted octanol–water partition coefficient (Wildman–Crippen LogP) is 3.88. The molecular formula is C21H25N3O2S. The van der Waals surface area contributed by atoms with E-state index in [1.807, 2.05) is 67.3 Å². The molecule has 27 heavy (non-hydrogen) atoms. The maximum atomic E-state index is 11.9. The summed E-state index contributed by atoms with van der Waals surface area (Å²) < 4.78 is 5.78. The van der Waals surface area contributed by atoms with Crippen LogP contribution in [0.4, 0.5) is 11.4 Å². The van der Waals surface area contributed by atoms with Crippen molar-refractivity contribution in [1.29, 1.82) is 0 Å². The van der Waals surface area contributed by atoms with Crippen LogP contribution >= 0.6 is 12.2 Å². The SMILES string of the molecule is Cc1ccc(OC[C@H](C)NC(=S)Nc2cccc(N3CCCC3=O)c2)cc1. The summed E-state index contributed by atoms with van der Waals surface area (Å²) in [4.78, 5) is 13.7. The van der Waals surface area contributed by atoms with Crippen molar-refractivity contribution in [3.05, 3.63) is 54.1 Å². The van der Waals surface area contributed by atoms with Gasteiger partial charge in [0.25, 0.3) is 0 Å². The maximum Gasteiger partial charge on any atom is 0.227 e. The molecule has 0 unspecified atom stereocenters. The molecule has 1 atom stereocenters. The van der Waals surface area contributed by atoms with Gasteiger partial charge in [-0.3, -0.25) is 4.79 Å². The third kappa shape index (κ3) is 5.44. The molecule has 1 amide bonds. The minimum Gasteiger partial charge on any atom is -0.491 e. The Labute approximate surface area is 165 Å². The molecule has 0 radical (unpaired) electrons. The molecule has 2 N–H and O–H groups in total. The van der Waals surface area contributed by atoms with E-state index in [9.17, 15) is 4.79 Å². The lowest BCUT2D eigenvalue weighted by Crippen LogP contribution is -2.39. The number of amides is 1. The Bertz CT molecular complexity index is 807. The highest BCUT2D eigenvalue weighted by Crippen LogP contribution is 2.24. The average Bonchev–Trinajstić information content (AvgIpc) is 3.07. The molecule has 6 heteroatoms. The molecule has 1 fully saturated rings. The van der Waals surface area contributed by atoms with Crippen molar-refractivity contribution in [3.8, 4) is 5.75 Å². The molecule has 2 aromatic rings. The molecule has 0 spiro atoms. The molecule has 1 heterocycles. The van der Waals surface area contributed by atoms with Crippen LogP contribution < -0.4 is 20.3 Å². The first-order valence-electron chi connectivity index (χ1n) is 9.19. The Morgan fingerprint density at radius 2 is 2.04 bits per heavy atom. The Morgan fingerprint density at radius 3 is 2.74 bits per heavy atom. The molecule has 0 aromatic heterocycles. The van der Waals surface area contributed by atoms with Crippen LogP contribution in [0.1, 0.15) is 25.3 Å². The maximum absolute atomic E-state index is 11.9. The number of nitrogens with one attached hydrogen (secondary N) is 2. The van der Waals surface area contributed by atoms with E-state index in [2.05, 4.69) is 10.6 Å². The van der Waals surface area contributed by atoms with E-state index in [1.54, 1.807) is 0 Å². The molecule has 2 aromatic carbocycles. The molecule has 0 bridgehead atoms. The first-order chi connectivity index (χ1) is 13.0. The summed E-state index contributed by atoms with van der Waals surface area (Å²) in [6, 6.07) is 15.8. The molecule has 1 aliphatic rings. The van der Waals surface area contributed by atoms with Crippen LogP contribution in [-0.2, 0) is 4.79 Å². The fourth-order valence-corrected chi connectivity index (χ4v) is 3.28. The number of thiocarbonyl (C=S) groups is 1. The smallest absolute Gasteiger partial charge is 0.227 e. The minimum atomic E-state index is 0.0506. The highest BCUT2D eigenvalue weighted by Gasteiger charge is 2.21. The van der Waals surface area contributed by atoms with Gasteiger partial charge in [-0.2, -0.15) is 0 Å². The van der Waals surface area contributed by atoms with Crippen LogP contribution in [-0.4, -0.2) is 30.2 Å². The summed E-state index contributed by atoms with van der Waals surface area (Å²) >= 11 is 5.40. The third-order valence-corrected chi connectivity index (χ3v) is 4.61.